The number of nitrogens with zero attached hydrogens (tertiary/aromatic N) is 1. The highest BCUT2D eigenvalue weighted by atomic mass is 16.4. The first kappa shape index (κ1) is 6.49. The van der Waals surface area contributed by atoms with Crippen LogP contribution in [0.25, 0.3) is 0 Å². The molecule has 1 aromatic rings. The molecule has 1 aromatic heterocycles. The van der Waals surface area contributed by atoms with Gasteiger partial charge in [-0.2, -0.15) is 0 Å². The highest BCUT2D eigenvalue weighted by molar-refractivity contribution is 6.26. The summed E-state index contributed by atoms with van der Waals surface area (Å²) >= 11 is 0. The van der Waals surface area contributed by atoms with Gasteiger partial charge in [0.1, 0.15) is 0 Å². The van der Waals surface area contributed by atoms with Crippen LogP contribution < -0.4 is 0 Å². The number of hydrogen-bond donors (Lipinski definition) is 0. The first-order valence-electron chi connectivity index (χ1n) is 2.68. The van der Waals surface area contributed by atoms with E-state index in [1.54, 1.807) is 0 Å². The van der Waals surface area contributed by atoms with E-state index in [0.717, 1.165) is 14.2 Å². The second kappa shape index (κ2) is 2.31. The molecule has 2 heterocycles. The molecule has 0 bridgehead atoms. The maximum atomic E-state index is 5.12. The predicted octanol–water partition coefficient (Wildman–Crippen LogP) is -1.05. The molecule has 0 N–H and O–H groups in total. The van der Waals surface area contributed by atoms with E-state index in [1.807, 2.05) is 12.3 Å². The molecule has 46 valence electrons. The van der Waals surface area contributed by atoms with Crippen molar-refractivity contribution in [2.24, 2.45) is 0 Å². The lowest BCUT2D eigenvalue weighted by atomic mass is 10.3. The van der Waals surface area contributed by atoms with Crippen LogP contribution in [0.15, 0.2) is 18.3 Å². The van der Waals surface area contributed by atoms with Crippen LogP contribution >= 0.6 is 0 Å². The van der Waals surface area contributed by atoms with Crippen molar-refractivity contribution in [3.63, 3.8) is 0 Å². The van der Waals surface area contributed by atoms with Gasteiger partial charge in [-0.3, -0.25) is 0 Å². The van der Waals surface area contributed by atoms with Crippen molar-refractivity contribution in [2.75, 3.05) is 0 Å². The molecule has 0 spiro atoms. The summed E-state index contributed by atoms with van der Waals surface area (Å²) in [6.45, 7) is 0.785. The van der Waals surface area contributed by atoms with Crippen molar-refractivity contribution in [1.82, 2.24) is 4.48 Å². The lowest BCUT2D eigenvalue weighted by Crippen LogP contribution is -1.97. The molecule has 0 radical (unpaired) electrons. The Morgan fingerprint density at radius 3 is 3.33 bits per heavy atom. The van der Waals surface area contributed by atoms with E-state index in [2.05, 4.69) is 10.5 Å². The normalized spacial score (nSPS) is 13.8. The second-order valence-electron chi connectivity index (χ2n) is 1.95. The van der Waals surface area contributed by atoms with Crippen molar-refractivity contribution in [2.45, 2.75) is 6.61 Å². The molecule has 0 aliphatic carbocycles. The van der Waals surface area contributed by atoms with Gasteiger partial charge in [-0.05, 0) is 18.3 Å². The number of fused-ring (bicyclic) bond motifs is 1. The zero-order chi connectivity index (χ0) is 5.40. The molecule has 2 nitrogen and oxygen atoms in total. The first-order valence-corrected chi connectivity index (χ1v) is 2.68. The molecule has 0 saturated heterocycles. The molecule has 1 aliphatic rings. The van der Waals surface area contributed by atoms with Gasteiger partial charge in [0.15, 0.2) is 0 Å². The topological polar surface area (TPSA) is 14.2 Å². The summed E-state index contributed by atoms with van der Waals surface area (Å²) in [5, 5.41) is 0. The van der Waals surface area contributed by atoms with Gasteiger partial charge < -0.3 is 9.13 Å². The highest BCUT2D eigenvalue weighted by Gasteiger charge is 2.08. The Kier molecular flexibility index (Phi) is 1.67. The van der Waals surface area contributed by atoms with E-state index in [0.29, 0.717) is 0 Å². The summed E-state index contributed by atoms with van der Waals surface area (Å²) in [5.41, 5.74) is 1.28. The molecular formula is C5H9B2NO. The van der Waals surface area contributed by atoms with Crippen molar-refractivity contribution in [3.8, 4) is 0 Å². The van der Waals surface area contributed by atoms with Crippen LogP contribution in [0.3, 0.4) is 0 Å². The summed E-state index contributed by atoms with van der Waals surface area (Å²) in [4.78, 5) is 0. The lowest BCUT2D eigenvalue weighted by Gasteiger charge is -1.85. The van der Waals surface area contributed by atoms with Gasteiger partial charge in [0, 0.05) is 5.69 Å². The smallest absolute Gasteiger partial charge is 0.401 e. The van der Waals surface area contributed by atoms with Crippen molar-refractivity contribution in [3.05, 3.63) is 24.0 Å². The van der Waals surface area contributed by atoms with Crippen molar-refractivity contribution in [1.29, 1.82) is 0 Å². The van der Waals surface area contributed by atoms with Crippen LogP contribution in [-0.4, -0.2) is 20.5 Å². The highest BCUT2D eigenvalue weighted by Crippen LogP contribution is 2.07. The Balaban J connectivity index is 0.000000405. The third-order valence-corrected chi connectivity index (χ3v) is 1.40. The minimum atomic E-state index is 0. The number of rotatable bonds is 0. The first-order chi connectivity index (χ1) is 3.97. The minimum absolute atomic E-state index is 0. The lowest BCUT2D eigenvalue weighted by molar-refractivity contribution is 0.345. The molecular weight excluding hydrogens is 112 g/mol. The monoisotopic (exact) mass is 121 g/mol. The van der Waals surface area contributed by atoms with Crippen LogP contribution in [0.2, 0.25) is 0 Å². The third-order valence-electron chi connectivity index (χ3n) is 1.40. The van der Waals surface area contributed by atoms with Gasteiger partial charge in [-0.15, -0.1) is 0 Å². The van der Waals surface area contributed by atoms with Crippen LogP contribution in [0, 0.1) is 0 Å². The zero-order valence-electron chi connectivity index (χ0n) is 4.50. The predicted molar refractivity (Wildman–Crippen MR) is 41.7 cm³/mol. The van der Waals surface area contributed by atoms with Gasteiger partial charge in [-0.25, -0.2) is 0 Å². The Morgan fingerprint density at radius 2 is 2.56 bits per heavy atom. The van der Waals surface area contributed by atoms with E-state index in [9.17, 15) is 0 Å². The summed E-state index contributed by atoms with van der Waals surface area (Å²) in [6.07, 6.45) is 2.03. The fourth-order valence-electron chi connectivity index (χ4n) is 0.955. The van der Waals surface area contributed by atoms with Crippen LogP contribution in [0.4, 0.5) is 0 Å². The van der Waals surface area contributed by atoms with E-state index in [-0.39, 0.29) is 8.41 Å². The average molecular weight is 121 g/mol. The Bertz CT molecular complexity index is 180. The molecule has 4 heteroatoms. The molecule has 9 heavy (non-hydrogen) atoms. The molecule has 2 rings (SSSR count). The van der Waals surface area contributed by atoms with Gasteiger partial charge in [0.2, 0.25) is 0 Å². The Morgan fingerprint density at radius 1 is 1.67 bits per heavy atom. The Labute approximate surface area is 56.7 Å². The van der Waals surface area contributed by atoms with Crippen molar-refractivity contribution < 1.29 is 4.65 Å². The summed E-state index contributed by atoms with van der Waals surface area (Å²) in [5.74, 6) is 0. The SMILES string of the molecule is B.B1OCc2cccn21. The van der Waals surface area contributed by atoms with Crippen LogP contribution in [0.1, 0.15) is 5.69 Å². The molecule has 1 aliphatic heterocycles. The largest absolute Gasteiger partial charge is 0.413 e. The van der Waals surface area contributed by atoms with E-state index in [4.69, 9.17) is 4.65 Å². The fourth-order valence-corrected chi connectivity index (χ4v) is 0.955. The second-order valence-corrected chi connectivity index (χ2v) is 1.95. The molecule has 0 fully saturated rings. The quantitative estimate of drug-likeness (QED) is 0.399. The van der Waals surface area contributed by atoms with Gasteiger partial charge in [0.05, 0.1) is 15.0 Å². The van der Waals surface area contributed by atoms with Crippen LogP contribution in [-0.2, 0) is 11.3 Å². The number of aromatic nitrogens is 1. The minimum Gasteiger partial charge on any atom is -0.413 e. The van der Waals surface area contributed by atoms with E-state index >= 15 is 0 Å². The van der Waals surface area contributed by atoms with Gasteiger partial charge >= 0.3 is 7.62 Å². The van der Waals surface area contributed by atoms with E-state index < -0.39 is 0 Å². The van der Waals surface area contributed by atoms with Gasteiger partial charge in [-0.1, -0.05) is 0 Å². The van der Waals surface area contributed by atoms with Gasteiger partial charge in [0.25, 0.3) is 0 Å². The van der Waals surface area contributed by atoms with Crippen molar-refractivity contribution >= 4 is 16.0 Å². The molecule has 0 amide bonds. The number of hydrogen-bond acceptors (Lipinski definition) is 1. The van der Waals surface area contributed by atoms with E-state index in [1.165, 1.54) is 5.69 Å². The summed E-state index contributed by atoms with van der Waals surface area (Å²) in [7, 11) is 0.738. The molecule has 0 saturated carbocycles. The Hall–Kier alpha value is -0.630. The maximum Gasteiger partial charge on any atom is 0.401 e. The third kappa shape index (κ3) is 0.900. The molecule has 0 unspecified atom stereocenters. The zero-order valence-corrected chi connectivity index (χ0v) is 4.50. The molecule has 0 atom stereocenters. The summed E-state index contributed by atoms with van der Waals surface area (Å²) < 4.78 is 7.22. The molecule has 0 aromatic carbocycles. The van der Waals surface area contributed by atoms with Crippen LogP contribution in [0.5, 0.6) is 0 Å². The standard InChI is InChI=1S/C5H6BNO.BH3/c1-2-5-4-8-6-7(5)3-1;/h1-3,6H,4H2;1H3. The fraction of sp³-hybridized carbons (Fsp3) is 0.200. The summed E-state index contributed by atoms with van der Waals surface area (Å²) in [6, 6.07) is 4.12. The maximum absolute atomic E-state index is 5.12. The average Bonchev–Trinajstić information content (AvgIpc) is 2.15.